The van der Waals surface area contributed by atoms with E-state index < -0.39 is 0 Å². The molecule has 2 heteroatoms. The van der Waals surface area contributed by atoms with Gasteiger partial charge in [-0.3, -0.25) is 0 Å². The van der Waals surface area contributed by atoms with E-state index in [9.17, 15) is 0 Å². The van der Waals surface area contributed by atoms with Gasteiger partial charge < -0.3 is 5.32 Å². The van der Waals surface area contributed by atoms with Crippen molar-refractivity contribution in [1.82, 2.24) is 5.32 Å². The summed E-state index contributed by atoms with van der Waals surface area (Å²) in [5.41, 5.74) is 0. The highest BCUT2D eigenvalue weighted by atomic mass is 32.2. The predicted octanol–water partition coefficient (Wildman–Crippen LogP) is 3.61. The molecular weight excluding hydrogens is 214 g/mol. The van der Waals surface area contributed by atoms with Crippen molar-refractivity contribution in [2.75, 3.05) is 19.3 Å². The number of hydrogen-bond donors (Lipinski definition) is 1. The highest BCUT2D eigenvalue weighted by Crippen LogP contribution is 2.39. The van der Waals surface area contributed by atoms with Crippen molar-refractivity contribution in [2.24, 2.45) is 5.92 Å². The van der Waals surface area contributed by atoms with E-state index in [1.54, 1.807) is 0 Å². The summed E-state index contributed by atoms with van der Waals surface area (Å²) in [4.78, 5) is 0. The molecule has 0 aromatic rings. The fraction of sp³-hybridized carbons (Fsp3) is 0.857. The Labute approximate surface area is 104 Å². The number of allylic oxidation sites excluding steroid dienone is 2. The maximum Gasteiger partial charge on any atom is 0.0281 e. The molecule has 0 radical (unpaired) electrons. The Balaban J connectivity index is 1.68. The van der Waals surface area contributed by atoms with Crippen molar-refractivity contribution in [1.29, 1.82) is 0 Å². The first-order valence-electron chi connectivity index (χ1n) is 6.75. The van der Waals surface area contributed by atoms with Crippen molar-refractivity contribution in [3.8, 4) is 0 Å². The molecule has 92 valence electrons. The molecule has 0 saturated heterocycles. The van der Waals surface area contributed by atoms with Crippen LogP contribution in [0.5, 0.6) is 0 Å². The number of rotatable bonds is 5. The van der Waals surface area contributed by atoms with E-state index in [1.807, 2.05) is 0 Å². The lowest BCUT2D eigenvalue weighted by atomic mass is 9.94. The molecule has 1 N–H and O–H groups in total. The van der Waals surface area contributed by atoms with E-state index in [-0.39, 0.29) is 0 Å². The summed E-state index contributed by atoms with van der Waals surface area (Å²) in [6.07, 6.45) is 16.7. The molecule has 0 heterocycles. The summed E-state index contributed by atoms with van der Waals surface area (Å²) in [5, 5.41) is 3.73. The van der Waals surface area contributed by atoms with Gasteiger partial charge in [-0.25, -0.2) is 0 Å². The molecule has 2 rings (SSSR count). The summed E-state index contributed by atoms with van der Waals surface area (Å²) in [6, 6.07) is 0. The third kappa shape index (κ3) is 3.27. The second-order valence-electron chi connectivity index (χ2n) is 5.38. The van der Waals surface area contributed by atoms with Crippen LogP contribution in [0.1, 0.15) is 44.9 Å². The fourth-order valence-electron chi connectivity index (χ4n) is 3.02. The van der Waals surface area contributed by atoms with Crippen LogP contribution in [0.4, 0.5) is 0 Å². The third-order valence-electron chi connectivity index (χ3n) is 4.21. The summed E-state index contributed by atoms with van der Waals surface area (Å²) in [6.45, 7) is 2.46. The molecule has 0 aromatic heterocycles. The molecule has 0 spiro atoms. The molecule has 1 unspecified atom stereocenters. The van der Waals surface area contributed by atoms with Gasteiger partial charge in [0.05, 0.1) is 0 Å². The van der Waals surface area contributed by atoms with Crippen LogP contribution >= 0.6 is 11.8 Å². The summed E-state index contributed by atoms with van der Waals surface area (Å²) >= 11 is 2.09. The molecule has 1 nitrogen and oxygen atoms in total. The predicted molar refractivity (Wildman–Crippen MR) is 74.1 cm³/mol. The molecule has 16 heavy (non-hydrogen) atoms. The van der Waals surface area contributed by atoms with Gasteiger partial charge in [-0.2, -0.15) is 11.8 Å². The fourth-order valence-corrected chi connectivity index (χ4v) is 3.96. The van der Waals surface area contributed by atoms with Crippen molar-refractivity contribution < 1.29 is 0 Å². The van der Waals surface area contributed by atoms with E-state index in [0.717, 1.165) is 5.92 Å². The van der Waals surface area contributed by atoms with E-state index in [4.69, 9.17) is 0 Å². The van der Waals surface area contributed by atoms with Gasteiger partial charge in [0.25, 0.3) is 0 Å². The van der Waals surface area contributed by atoms with Crippen LogP contribution in [0.25, 0.3) is 0 Å². The highest BCUT2D eigenvalue weighted by Gasteiger charge is 2.32. The van der Waals surface area contributed by atoms with Gasteiger partial charge in [-0.15, -0.1) is 0 Å². The third-order valence-corrected chi connectivity index (χ3v) is 5.62. The summed E-state index contributed by atoms with van der Waals surface area (Å²) in [7, 11) is 0. The normalized spacial score (nSPS) is 28.4. The van der Waals surface area contributed by atoms with Crippen molar-refractivity contribution in [3.63, 3.8) is 0 Å². The lowest BCUT2D eigenvalue weighted by Gasteiger charge is -2.28. The number of thioether (sulfide) groups is 1. The minimum atomic E-state index is 0.574. The van der Waals surface area contributed by atoms with Gasteiger partial charge in [0, 0.05) is 11.3 Å². The summed E-state index contributed by atoms with van der Waals surface area (Å²) in [5.74, 6) is 0.894. The van der Waals surface area contributed by atoms with Crippen LogP contribution in [0.15, 0.2) is 12.2 Å². The van der Waals surface area contributed by atoms with E-state index in [2.05, 4.69) is 35.5 Å². The molecule has 0 bridgehead atoms. The molecule has 1 atom stereocenters. The smallest absolute Gasteiger partial charge is 0.0281 e. The highest BCUT2D eigenvalue weighted by molar-refractivity contribution is 8.00. The van der Waals surface area contributed by atoms with Gasteiger partial charge >= 0.3 is 0 Å². The average Bonchev–Trinajstić information content (AvgIpc) is 2.80. The Morgan fingerprint density at radius 1 is 1.31 bits per heavy atom. The zero-order valence-corrected chi connectivity index (χ0v) is 11.3. The number of hydrogen-bond acceptors (Lipinski definition) is 2. The van der Waals surface area contributed by atoms with Gasteiger partial charge in [-0.1, -0.05) is 25.0 Å². The molecule has 2 aliphatic rings. The van der Waals surface area contributed by atoms with Crippen molar-refractivity contribution >= 4 is 11.8 Å². The van der Waals surface area contributed by atoms with Gasteiger partial charge in [0.2, 0.25) is 0 Å². The minimum absolute atomic E-state index is 0.574. The minimum Gasteiger partial charge on any atom is -0.315 e. The molecule has 0 amide bonds. The zero-order chi connectivity index (χ0) is 11.3. The monoisotopic (exact) mass is 239 g/mol. The molecule has 1 saturated carbocycles. The molecule has 0 aliphatic heterocycles. The maximum absolute atomic E-state index is 3.73. The first-order chi connectivity index (χ1) is 7.85. The van der Waals surface area contributed by atoms with Crippen LogP contribution in [0.2, 0.25) is 0 Å². The zero-order valence-electron chi connectivity index (χ0n) is 10.5. The Morgan fingerprint density at radius 3 is 2.75 bits per heavy atom. The quantitative estimate of drug-likeness (QED) is 0.736. The van der Waals surface area contributed by atoms with Gasteiger partial charge in [0.15, 0.2) is 0 Å². The van der Waals surface area contributed by atoms with E-state index >= 15 is 0 Å². The van der Waals surface area contributed by atoms with Crippen LogP contribution in [0.3, 0.4) is 0 Å². The topological polar surface area (TPSA) is 12.0 Å². The second kappa shape index (κ2) is 6.11. The van der Waals surface area contributed by atoms with Crippen LogP contribution in [-0.4, -0.2) is 24.1 Å². The summed E-state index contributed by atoms with van der Waals surface area (Å²) < 4.78 is 0.574. The SMILES string of the molecule is CSC1(CNCC2CC=CCC2)CCCC1. The van der Waals surface area contributed by atoms with Gasteiger partial charge in [0.1, 0.15) is 0 Å². The molecule has 1 fully saturated rings. The van der Waals surface area contributed by atoms with Crippen LogP contribution < -0.4 is 5.32 Å². The molecule has 2 aliphatic carbocycles. The average molecular weight is 239 g/mol. The van der Waals surface area contributed by atoms with Crippen molar-refractivity contribution in [3.05, 3.63) is 12.2 Å². The van der Waals surface area contributed by atoms with E-state index in [0.29, 0.717) is 4.75 Å². The maximum atomic E-state index is 3.73. The van der Waals surface area contributed by atoms with Crippen LogP contribution in [0, 0.1) is 5.92 Å². The van der Waals surface area contributed by atoms with Gasteiger partial charge in [-0.05, 0) is 50.8 Å². The van der Waals surface area contributed by atoms with E-state index in [1.165, 1.54) is 58.0 Å². The first kappa shape index (κ1) is 12.5. The van der Waals surface area contributed by atoms with Crippen LogP contribution in [-0.2, 0) is 0 Å². The lowest BCUT2D eigenvalue weighted by Crippen LogP contribution is -2.37. The first-order valence-corrected chi connectivity index (χ1v) is 7.98. The molecule has 0 aromatic carbocycles. The standard InChI is InChI=1S/C14H25NS/c1-16-14(9-5-6-10-14)12-15-11-13-7-3-2-4-8-13/h2-3,13,15H,4-12H2,1H3. The lowest BCUT2D eigenvalue weighted by molar-refractivity contribution is 0.421. The largest absolute Gasteiger partial charge is 0.315 e. The Morgan fingerprint density at radius 2 is 2.12 bits per heavy atom. The number of nitrogens with one attached hydrogen (secondary N) is 1. The van der Waals surface area contributed by atoms with Crippen molar-refractivity contribution in [2.45, 2.75) is 49.7 Å². The second-order valence-corrected chi connectivity index (χ2v) is 6.65. The Bertz CT molecular complexity index is 231. The Hall–Kier alpha value is 0.0500. The molecular formula is C14H25NS. The Kier molecular flexibility index (Phi) is 4.78.